The molecule has 0 aliphatic heterocycles. The van der Waals surface area contributed by atoms with Crippen LogP contribution in [-0.2, 0) is 9.53 Å². The smallest absolute Gasteiger partial charge is 0.417 e. The van der Waals surface area contributed by atoms with E-state index < -0.39 is 0 Å². The zero-order chi connectivity index (χ0) is 7.11. The van der Waals surface area contributed by atoms with Crippen LogP contribution in [0.5, 0.6) is 0 Å². The Morgan fingerprint density at radius 2 is 2.33 bits per heavy atom. The minimum Gasteiger partial charge on any atom is -0.453 e. The van der Waals surface area contributed by atoms with Crippen molar-refractivity contribution in [3.05, 3.63) is 12.2 Å². The summed E-state index contributed by atoms with van der Waals surface area (Å²) < 4.78 is 4.29. The van der Waals surface area contributed by atoms with Crippen LogP contribution in [-0.4, -0.2) is 13.1 Å². The molecule has 0 N–H and O–H groups in total. The zero-order valence-corrected chi connectivity index (χ0v) is 5.76. The lowest BCUT2D eigenvalue weighted by Gasteiger charge is -1.91. The molecule has 0 spiro atoms. The highest BCUT2D eigenvalue weighted by Gasteiger charge is 1.82. The monoisotopic (exact) mass is 127 g/mol. The molecule has 0 atom stereocenters. The van der Waals surface area contributed by atoms with Crippen molar-refractivity contribution in [2.75, 3.05) is 6.61 Å². The number of rotatable bonds is 4. The van der Waals surface area contributed by atoms with Crippen molar-refractivity contribution in [2.45, 2.75) is 13.8 Å². The molecule has 0 aliphatic carbocycles. The van der Waals surface area contributed by atoms with Crippen molar-refractivity contribution >= 4 is 6.47 Å². The molecule has 0 saturated carbocycles. The van der Waals surface area contributed by atoms with Crippen LogP contribution < -0.4 is 0 Å². The van der Waals surface area contributed by atoms with E-state index >= 15 is 0 Å². The van der Waals surface area contributed by atoms with E-state index in [9.17, 15) is 4.79 Å². The summed E-state index contributed by atoms with van der Waals surface area (Å²) in [6, 6.07) is 0. The number of hydrogen-bond donors (Lipinski definition) is 0. The molecule has 0 heterocycles. The van der Waals surface area contributed by atoms with Gasteiger partial charge in [0.25, 0.3) is 0 Å². The molecule has 51 valence electrons. The molecule has 0 aromatic rings. The Balaban J connectivity index is 3.14. The van der Waals surface area contributed by atoms with Crippen molar-refractivity contribution in [1.29, 1.82) is 0 Å². The maximum atomic E-state index is 9.47. The van der Waals surface area contributed by atoms with Gasteiger partial charge in [0.05, 0.1) is 0 Å². The van der Waals surface area contributed by atoms with Gasteiger partial charge >= 0.3 is 6.47 Å². The number of carbonyl (C=O) groups excluding carboxylic acids is 1. The van der Waals surface area contributed by atoms with Crippen LogP contribution in [0.25, 0.3) is 0 Å². The molecule has 0 saturated heterocycles. The van der Waals surface area contributed by atoms with Gasteiger partial charge in [-0.25, -0.2) is 4.79 Å². The van der Waals surface area contributed by atoms with E-state index in [0.717, 1.165) is 0 Å². The van der Waals surface area contributed by atoms with Crippen LogP contribution in [0.4, 0.5) is 0 Å². The van der Waals surface area contributed by atoms with E-state index in [1.165, 1.54) is 6.47 Å². The fourth-order valence-corrected chi connectivity index (χ4v) is 0.410. The molecule has 0 fully saturated rings. The first-order chi connectivity index (χ1) is 4.27. The molecule has 0 amide bonds. The van der Waals surface area contributed by atoms with Crippen molar-refractivity contribution in [1.82, 2.24) is 0 Å². The van der Waals surface area contributed by atoms with Gasteiger partial charge in [-0.3, -0.25) is 0 Å². The van der Waals surface area contributed by atoms with Crippen molar-refractivity contribution < 1.29 is 9.53 Å². The molecular formula is C7H11O2. The van der Waals surface area contributed by atoms with E-state index in [1.54, 1.807) is 6.08 Å². The lowest BCUT2D eigenvalue weighted by molar-refractivity contribution is 0.313. The fraction of sp³-hybridized carbons (Fsp3) is 0.571. The second-order valence-corrected chi connectivity index (χ2v) is 2.07. The summed E-state index contributed by atoms with van der Waals surface area (Å²) in [4.78, 5) is 9.47. The topological polar surface area (TPSA) is 26.3 Å². The Morgan fingerprint density at radius 1 is 1.67 bits per heavy atom. The van der Waals surface area contributed by atoms with E-state index in [0.29, 0.717) is 12.5 Å². The molecule has 2 nitrogen and oxygen atoms in total. The molecule has 0 aromatic heterocycles. The predicted octanol–water partition coefficient (Wildman–Crippen LogP) is 1.28. The van der Waals surface area contributed by atoms with Gasteiger partial charge in [-0.15, -0.1) is 0 Å². The summed E-state index contributed by atoms with van der Waals surface area (Å²) in [5.74, 6) is 0.514. The van der Waals surface area contributed by atoms with Gasteiger partial charge in [0.15, 0.2) is 0 Å². The molecule has 1 radical (unpaired) electrons. The van der Waals surface area contributed by atoms with E-state index in [2.05, 4.69) is 18.6 Å². The SMILES string of the molecule is CC(C)C=CCO[C]=O. The molecule has 0 unspecified atom stereocenters. The van der Waals surface area contributed by atoms with Crippen LogP contribution >= 0.6 is 0 Å². The minimum atomic E-state index is 0.335. The summed E-state index contributed by atoms with van der Waals surface area (Å²) in [5, 5.41) is 0. The van der Waals surface area contributed by atoms with Crippen LogP contribution in [0.2, 0.25) is 0 Å². The quantitative estimate of drug-likeness (QED) is 0.420. The molecule has 0 aliphatic rings. The first kappa shape index (κ1) is 8.21. The Hall–Kier alpha value is -0.790. The molecule has 2 heteroatoms. The standard InChI is InChI=1S/C7H11O2/c1-7(2)4-3-5-9-6-8/h3-4,7H,5H2,1-2H3. The van der Waals surface area contributed by atoms with Crippen LogP contribution in [0, 0.1) is 5.92 Å². The molecule has 0 aromatic carbocycles. The maximum absolute atomic E-state index is 9.47. The normalized spacial score (nSPS) is 10.6. The summed E-state index contributed by atoms with van der Waals surface area (Å²) in [6.45, 7) is 5.79. The lowest BCUT2D eigenvalue weighted by Crippen LogP contribution is -1.86. The summed E-state index contributed by atoms with van der Waals surface area (Å²) >= 11 is 0. The van der Waals surface area contributed by atoms with Crippen molar-refractivity contribution in [2.24, 2.45) is 5.92 Å². The predicted molar refractivity (Wildman–Crippen MR) is 35.6 cm³/mol. The third kappa shape index (κ3) is 7.21. The Bertz CT molecular complexity index is 95.1. The molecule has 9 heavy (non-hydrogen) atoms. The first-order valence-electron chi connectivity index (χ1n) is 2.93. The second kappa shape index (κ2) is 5.35. The highest BCUT2D eigenvalue weighted by Crippen LogP contribution is 1.91. The van der Waals surface area contributed by atoms with Gasteiger partial charge < -0.3 is 4.74 Å². The fourth-order valence-electron chi connectivity index (χ4n) is 0.410. The lowest BCUT2D eigenvalue weighted by atomic mass is 10.2. The summed E-state index contributed by atoms with van der Waals surface area (Å²) in [7, 11) is 0. The van der Waals surface area contributed by atoms with Crippen molar-refractivity contribution in [3.8, 4) is 0 Å². The maximum Gasteiger partial charge on any atom is 0.417 e. The summed E-state index contributed by atoms with van der Waals surface area (Å²) in [5.41, 5.74) is 0. The number of ether oxygens (including phenoxy) is 1. The molecule has 0 rings (SSSR count). The third-order valence-electron chi connectivity index (χ3n) is 0.759. The first-order valence-corrected chi connectivity index (χ1v) is 2.93. The molecular weight excluding hydrogens is 116 g/mol. The highest BCUT2D eigenvalue weighted by molar-refractivity contribution is 5.38. The van der Waals surface area contributed by atoms with Gasteiger partial charge in [-0.05, 0) is 5.92 Å². The summed E-state index contributed by atoms with van der Waals surface area (Å²) in [6.07, 6.45) is 3.77. The van der Waals surface area contributed by atoms with Crippen LogP contribution in [0.15, 0.2) is 12.2 Å². The average Bonchev–Trinajstić information content (AvgIpc) is 1.80. The Labute approximate surface area is 55.5 Å². The number of allylic oxidation sites excluding steroid dienone is 1. The second-order valence-electron chi connectivity index (χ2n) is 2.07. The minimum absolute atomic E-state index is 0.335. The zero-order valence-electron chi connectivity index (χ0n) is 5.76. The third-order valence-corrected chi connectivity index (χ3v) is 0.759. The highest BCUT2D eigenvalue weighted by atomic mass is 16.5. The number of hydrogen-bond acceptors (Lipinski definition) is 2. The van der Waals surface area contributed by atoms with E-state index in [1.807, 2.05) is 6.08 Å². The van der Waals surface area contributed by atoms with Gasteiger partial charge in [0.2, 0.25) is 0 Å². The molecule has 0 bridgehead atoms. The van der Waals surface area contributed by atoms with Crippen LogP contribution in [0.3, 0.4) is 0 Å². The van der Waals surface area contributed by atoms with Crippen molar-refractivity contribution in [3.63, 3.8) is 0 Å². The average molecular weight is 127 g/mol. The van der Waals surface area contributed by atoms with Gasteiger partial charge in [-0.1, -0.05) is 26.0 Å². The Morgan fingerprint density at radius 3 is 2.78 bits per heavy atom. The largest absolute Gasteiger partial charge is 0.453 e. The van der Waals surface area contributed by atoms with Gasteiger partial charge in [0.1, 0.15) is 6.61 Å². The van der Waals surface area contributed by atoms with E-state index in [4.69, 9.17) is 0 Å². The Kier molecular flexibility index (Phi) is 4.88. The van der Waals surface area contributed by atoms with E-state index in [-0.39, 0.29) is 0 Å². The van der Waals surface area contributed by atoms with Crippen LogP contribution in [0.1, 0.15) is 13.8 Å². The van der Waals surface area contributed by atoms with Gasteiger partial charge in [0, 0.05) is 0 Å². The van der Waals surface area contributed by atoms with Gasteiger partial charge in [-0.2, -0.15) is 0 Å².